The molecule has 0 saturated heterocycles. The van der Waals surface area contributed by atoms with Gasteiger partial charge in [-0.15, -0.1) is 0 Å². The minimum atomic E-state index is -3.96. The molecule has 0 unspecified atom stereocenters. The lowest BCUT2D eigenvalue weighted by Crippen LogP contribution is -2.34. The van der Waals surface area contributed by atoms with Crippen molar-refractivity contribution in [3.05, 3.63) is 71.8 Å². The second-order valence-corrected chi connectivity index (χ2v) is 8.86. The van der Waals surface area contributed by atoms with Crippen molar-refractivity contribution in [3.63, 3.8) is 0 Å². The number of hydrogen-bond donors (Lipinski definition) is 4. The van der Waals surface area contributed by atoms with Crippen LogP contribution in [0.2, 0.25) is 0 Å². The number of carbonyl (C=O) groups is 1. The van der Waals surface area contributed by atoms with E-state index in [-0.39, 0.29) is 16.7 Å². The fourth-order valence-electron chi connectivity index (χ4n) is 2.93. The standard InChI is InChI=1S/C22H25N3O6S/c1-16-3-9-19(10-4-16)32(29,30)24-22(28)23-18-7-5-17(6-8-18)15-31-14-2-13-25-20(26)11-12-21(25)27/h3-12,26-27H,2,13-15H2,1H3,(H2,23,24,28). The van der Waals surface area contributed by atoms with E-state index in [1.54, 1.807) is 36.4 Å². The molecule has 1 heterocycles. The predicted molar refractivity (Wildman–Crippen MR) is 119 cm³/mol. The van der Waals surface area contributed by atoms with E-state index in [1.165, 1.54) is 28.8 Å². The molecule has 3 aromatic rings. The molecule has 2 aromatic carbocycles. The summed E-state index contributed by atoms with van der Waals surface area (Å²) in [6.07, 6.45) is 0.602. The van der Waals surface area contributed by atoms with Crippen molar-refractivity contribution in [1.29, 1.82) is 0 Å². The maximum Gasteiger partial charge on any atom is 0.333 e. The van der Waals surface area contributed by atoms with E-state index in [4.69, 9.17) is 4.74 Å². The van der Waals surface area contributed by atoms with Gasteiger partial charge in [-0.3, -0.25) is 4.57 Å². The molecule has 0 aliphatic rings. The third-order valence-electron chi connectivity index (χ3n) is 4.64. The number of aromatic hydroxyl groups is 2. The van der Waals surface area contributed by atoms with Crippen LogP contribution in [-0.2, 0) is 27.9 Å². The van der Waals surface area contributed by atoms with Crippen molar-refractivity contribution in [1.82, 2.24) is 9.29 Å². The zero-order valence-electron chi connectivity index (χ0n) is 17.5. The van der Waals surface area contributed by atoms with Crippen LogP contribution < -0.4 is 10.0 Å². The van der Waals surface area contributed by atoms with Crippen LogP contribution >= 0.6 is 0 Å². The first-order valence-corrected chi connectivity index (χ1v) is 11.4. The summed E-state index contributed by atoms with van der Waals surface area (Å²) in [6, 6.07) is 15.0. The first kappa shape index (κ1) is 23.2. The normalized spacial score (nSPS) is 11.3. The molecule has 0 bridgehead atoms. The molecule has 170 valence electrons. The fraction of sp³-hybridized carbons (Fsp3) is 0.227. The minimum Gasteiger partial charge on any atom is -0.494 e. The van der Waals surface area contributed by atoms with Crippen molar-refractivity contribution in [2.24, 2.45) is 0 Å². The maximum absolute atomic E-state index is 12.3. The SMILES string of the molecule is Cc1ccc(S(=O)(=O)NC(=O)Nc2ccc(COCCCn3c(O)ccc3O)cc2)cc1. The van der Waals surface area contributed by atoms with Gasteiger partial charge in [-0.25, -0.2) is 17.9 Å². The van der Waals surface area contributed by atoms with Crippen LogP contribution in [0, 0.1) is 6.92 Å². The lowest BCUT2D eigenvalue weighted by molar-refractivity contribution is 0.114. The highest BCUT2D eigenvalue weighted by Gasteiger charge is 2.17. The molecule has 3 rings (SSSR count). The number of amides is 2. The van der Waals surface area contributed by atoms with Gasteiger partial charge in [-0.1, -0.05) is 29.8 Å². The molecule has 0 radical (unpaired) electrons. The number of hydrogen-bond acceptors (Lipinski definition) is 6. The van der Waals surface area contributed by atoms with E-state index in [9.17, 15) is 23.4 Å². The molecule has 2 amide bonds. The van der Waals surface area contributed by atoms with E-state index in [0.717, 1.165) is 11.1 Å². The van der Waals surface area contributed by atoms with E-state index >= 15 is 0 Å². The van der Waals surface area contributed by atoms with E-state index in [2.05, 4.69) is 5.32 Å². The minimum absolute atomic E-state index is 0.00120. The molecule has 1 aromatic heterocycles. The van der Waals surface area contributed by atoms with E-state index in [1.807, 2.05) is 11.6 Å². The van der Waals surface area contributed by atoms with Crippen LogP contribution in [0.4, 0.5) is 10.5 Å². The number of ether oxygens (including phenoxy) is 1. The van der Waals surface area contributed by atoms with Crippen LogP contribution in [0.1, 0.15) is 17.5 Å². The number of nitrogens with zero attached hydrogens (tertiary/aromatic N) is 1. The molecular weight excluding hydrogens is 434 g/mol. The monoisotopic (exact) mass is 459 g/mol. The van der Waals surface area contributed by atoms with E-state index in [0.29, 0.717) is 31.9 Å². The third-order valence-corrected chi connectivity index (χ3v) is 5.99. The number of benzene rings is 2. The zero-order valence-corrected chi connectivity index (χ0v) is 18.3. The Hall–Kier alpha value is -3.50. The molecule has 10 heteroatoms. The van der Waals surface area contributed by atoms with E-state index < -0.39 is 16.1 Å². The highest BCUT2D eigenvalue weighted by atomic mass is 32.2. The molecule has 0 spiro atoms. The number of aromatic nitrogens is 1. The molecular formula is C22H25N3O6S. The van der Waals surface area contributed by atoms with Crippen LogP contribution in [0.3, 0.4) is 0 Å². The highest BCUT2D eigenvalue weighted by molar-refractivity contribution is 7.90. The lowest BCUT2D eigenvalue weighted by atomic mass is 10.2. The zero-order chi connectivity index (χ0) is 23.1. The van der Waals surface area contributed by atoms with Crippen LogP contribution in [-0.4, -0.2) is 35.8 Å². The Morgan fingerprint density at radius 1 is 0.969 bits per heavy atom. The highest BCUT2D eigenvalue weighted by Crippen LogP contribution is 2.21. The van der Waals surface area contributed by atoms with Crippen molar-refractivity contribution in [3.8, 4) is 11.8 Å². The topological polar surface area (TPSA) is 130 Å². The molecule has 0 atom stereocenters. The fourth-order valence-corrected chi connectivity index (χ4v) is 3.84. The summed E-state index contributed by atoms with van der Waals surface area (Å²) < 4.78 is 33.5. The number of anilines is 1. The number of nitrogens with one attached hydrogen (secondary N) is 2. The number of urea groups is 1. The second kappa shape index (κ2) is 10.2. The molecule has 0 aliphatic heterocycles. The van der Waals surface area contributed by atoms with Gasteiger partial charge in [0, 0.05) is 31.0 Å². The van der Waals surface area contributed by atoms with Gasteiger partial charge in [0.15, 0.2) is 11.8 Å². The van der Waals surface area contributed by atoms with Gasteiger partial charge in [0.2, 0.25) is 0 Å². The maximum atomic E-state index is 12.3. The summed E-state index contributed by atoms with van der Waals surface area (Å²) >= 11 is 0. The summed E-state index contributed by atoms with van der Waals surface area (Å²) in [5.41, 5.74) is 2.22. The van der Waals surface area contributed by atoms with Crippen molar-refractivity contribution in [2.75, 3.05) is 11.9 Å². The van der Waals surface area contributed by atoms with Gasteiger partial charge in [-0.05, 0) is 43.2 Å². The molecule has 0 fully saturated rings. The predicted octanol–water partition coefficient (Wildman–Crippen LogP) is 3.33. The summed E-state index contributed by atoms with van der Waals surface area (Å²) in [6.45, 7) is 3.04. The third kappa shape index (κ3) is 6.25. The van der Waals surface area contributed by atoms with Gasteiger partial charge in [0.25, 0.3) is 10.0 Å². The first-order valence-electron chi connectivity index (χ1n) is 9.89. The summed E-state index contributed by atoms with van der Waals surface area (Å²) in [4.78, 5) is 12.1. The Labute approximate surface area is 186 Å². The average molecular weight is 460 g/mol. The Balaban J connectivity index is 1.43. The van der Waals surface area contributed by atoms with Gasteiger partial charge in [0.1, 0.15) is 0 Å². The van der Waals surface area contributed by atoms with Crippen LogP contribution in [0.25, 0.3) is 0 Å². The lowest BCUT2D eigenvalue weighted by Gasteiger charge is -2.10. The molecule has 0 aliphatic carbocycles. The van der Waals surface area contributed by atoms with Crippen LogP contribution in [0.15, 0.2) is 65.6 Å². The number of aryl methyl sites for hydroxylation is 1. The summed E-state index contributed by atoms with van der Waals surface area (Å²) in [5.74, 6) is 0.00239. The smallest absolute Gasteiger partial charge is 0.333 e. The number of carbonyl (C=O) groups excluding carboxylic acids is 1. The van der Waals surface area contributed by atoms with Crippen LogP contribution in [0.5, 0.6) is 11.8 Å². The van der Waals surface area contributed by atoms with Crippen molar-refractivity contribution >= 4 is 21.7 Å². The molecule has 4 N–H and O–H groups in total. The number of rotatable bonds is 9. The largest absolute Gasteiger partial charge is 0.494 e. The Morgan fingerprint density at radius 2 is 1.59 bits per heavy atom. The van der Waals surface area contributed by atoms with Crippen molar-refractivity contribution in [2.45, 2.75) is 31.4 Å². The summed E-state index contributed by atoms with van der Waals surface area (Å²) in [5, 5.41) is 21.6. The van der Waals surface area contributed by atoms with Crippen molar-refractivity contribution < 1.29 is 28.2 Å². The first-order chi connectivity index (χ1) is 15.2. The van der Waals surface area contributed by atoms with Gasteiger partial charge in [0.05, 0.1) is 11.5 Å². The van der Waals surface area contributed by atoms with Gasteiger partial charge < -0.3 is 20.3 Å². The molecule has 32 heavy (non-hydrogen) atoms. The summed E-state index contributed by atoms with van der Waals surface area (Å²) in [7, 11) is -3.96. The average Bonchev–Trinajstić information content (AvgIpc) is 3.06. The Kier molecular flexibility index (Phi) is 7.39. The van der Waals surface area contributed by atoms with Gasteiger partial charge in [-0.2, -0.15) is 0 Å². The number of sulfonamides is 1. The Bertz CT molecular complexity index is 1140. The van der Waals surface area contributed by atoms with Gasteiger partial charge >= 0.3 is 6.03 Å². The second-order valence-electron chi connectivity index (χ2n) is 7.18. The Morgan fingerprint density at radius 3 is 2.22 bits per heavy atom. The molecule has 0 saturated carbocycles. The quantitative estimate of drug-likeness (QED) is 0.363. The molecule has 9 nitrogen and oxygen atoms in total.